The first kappa shape index (κ1) is 13.1. The summed E-state index contributed by atoms with van der Waals surface area (Å²) >= 11 is 5.83. The summed E-state index contributed by atoms with van der Waals surface area (Å²) in [5.41, 5.74) is 6.57. The van der Waals surface area contributed by atoms with Crippen LogP contribution in [0.15, 0.2) is 28.8 Å². The molecule has 4 nitrogen and oxygen atoms in total. The molecular weight excluding hydrogens is 250 g/mol. The lowest BCUT2D eigenvalue weighted by Crippen LogP contribution is -2.32. The maximum absolute atomic E-state index is 6.05. The van der Waals surface area contributed by atoms with E-state index in [1.807, 2.05) is 38.1 Å². The zero-order valence-corrected chi connectivity index (χ0v) is 11.2. The molecule has 0 bridgehead atoms. The van der Waals surface area contributed by atoms with Crippen LogP contribution >= 0.6 is 11.6 Å². The van der Waals surface area contributed by atoms with Crippen LogP contribution in [0.2, 0.25) is 5.02 Å². The Morgan fingerprint density at radius 2 is 2.00 bits per heavy atom. The molecule has 2 N–H and O–H groups in total. The average Bonchev–Trinajstić information content (AvgIpc) is 2.81. The molecule has 1 heterocycles. The molecule has 0 aliphatic heterocycles. The van der Waals surface area contributed by atoms with Crippen LogP contribution in [-0.2, 0) is 12.0 Å². The van der Waals surface area contributed by atoms with Gasteiger partial charge in [-0.15, -0.1) is 0 Å². The number of halogens is 1. The van der Waals surface area contributed by atoms with Gasteiger partial charge < -0.3 is 10.3 Å². The summed E-state index contributed by atoms with van der Waals surface area (Å²) in [7, 11) is 0. The Morgan fingerprint density at radius 3 is 2.61 bits per heavy atom. The van der Waals surface area contributed by atoms with E-state index < -0.39 is 5.54 Å². The first-order valence-electron chi connectivity index (χ1n) is 5.87. The van der Waals surface area contributed by atoms with Gasteiger partial charge in [-0.3, -0.25) is 0 Å². The number of hydrogen-bond donors (Lipinski definition) is 1. The van der Waals surface area contributed by atoms with Crippen molar-refractivity contribution in [2.45, 2.75) is 32.2 Å². The predicted octanol–water partition coefficient (Wildman–Crippen LogP) is 2.90. The molecule has 0 aliphatic rings. The Bertz CT molecular complexity index is 519. The van der Waals surface area contributed by atoms with Gasteiger partial charge in [0, 0.05) is 11.4 Å². The van der Waals surface area contributed by atoms with Crippen molar-refractivity contribution in [3.8, 4) is 0 Å². The van der Waals surface area contributed by atoms with Crippen LogP contribution in [0, 0.1) is 0 Å². The maximum Gasteiger partial charge on any atom is 0.246 e. The van der Waals surface area contributed by atoms with Gasteiger partial charge in [0.15, 0.2) is 5.82 Å². The van der Waals surface area contributed by atoms with E-state index >= 15 is 0 Å². The molecule has 1 aromatic carbocycles. The number of benzene rings is 1. The normalized spacial score (nSPS) is 14.4. The Kier molecular flexibility index (Phi) is 3.68. The Morgan fingerprint density at radius 1 is 1.33 bits per heavy atom. The Balaban J connectivity index is 2.14. The van der Waals surface area contributed by atoms with Gasteiger partial charge in [0.25, 0.3) is 0 Å². The molecule has 2 rings (SSSR count). The molecule has 1 atom stereocenters. The van der Waals surface area contributed by atoms with Gasteiger partial charge in [-0.2, -0.15) is 4.98 Å². The molecule has 1 aromatic heterocycles. The van der Waals surface area contributed by atoms with Crippen molar-refractivity contribution in [3.05, 3.63) is 46.6 Å². The van der Waals surface area contributed by atoms with Crippen molar-refractivity contribution in [1.82, 2.24) is 10.1 Å². The van der Waals surface area contributed by atoms with Crippen LogP contribution in [0.3, 0.4) is 0 Å². The van der Waals surface area contributed by atoms with Gasteiger partial charge in [0.1, 0.15) is 0 Å². The summed E-state index contributed by atoms with van der Waals surface area (Å²) in [5.74, 6) is 1.12. The molecule has 0 saturated heterocycles. The van der Waals surface area contributed by atoms with Crippen molar-refractivity contribution in [1.29, 1.82) is 0 Å². The minimum atomic E-state index is -0.564. The van der Waals surface area contributed by atoms with Gasteiger partial charge in [-0.05, 0) is 31.0 Å². The van der Waals surface area contributed by atoms with Crippen molar-refractivity contribution in [3.63, 3.8) is 0 Å². The van der Waals surface area contributed by atoms with E-state index in [4.69, 9.17) is 21.9 Å². The third-order valence-electron chi connectivity index (χ3n) is 2.97. The van der Waals surface area contributed by atoms with E-state index in [0.717, 1.165) is 12.0 Å². The van der Waals surface area contributed by atoms with Crippen LogP contribution in [0.4, 0.5) is 0 Å². The summed E-state index contributed by atoms with van der Waals surface area (Å²) in [6, 6.07) is 7.58. The summed E-state index contributed by atoms with van der Waals surface area (Å²) in [6.07, 6.45) is 1.36. The van der Waals surface area contributed by atoms with Gasteiger partial charge in [0.2, 0.25) is 5.89 Å². The van der Waals surface area contributed by atoms with E-state index in [-0.39, 0.29) is 0 Å². The summed E-state index contributed by atoms with van der Waals surface area (Å²) in [5, 5.41) is 4.66. The lowest BCUT2D eigenvalue weighted by atomic mass is 10.0. The third kappa shape index (κ3) is 2.89. The molecule has 18 heavy (non-hydrogen) atoms. The quantitative estimate of drug-likeness (QED) is 0.923. The monoisotopic (exact) mass is 265 g/mol. The van der Waals surface area contributed by atoms with Gasteiger partial charge in [-0.1, -0.05) is 35.8 Å². The van der Waals surface area contributed by atoms with Crippen molar-refractivity contribution < 1.29 is 4.52 Å². The van der Waals surface area contributed by atoms with E-state index in [9.17, 15) is 0 Å². The fourth-order valence-corrected chi connectivity index (χ4v) is 1.62. The van der Waals surface area contributed by atoms with E-state index in [0.29, 0.717) is 23.2 Å². The molecule has 0 aliphatic carbocycles. The Hall–Kier alpha value is -1.39. The van der Waals surface area contributed by atoms with E-state index in [1.165, 1.54) is 0 Å². The SMILES string of the molecule is CCC(C)(N)c1nc(Cc2ccc(Cl)cc2)no1. The number of aromatic nitrogens is 2. The lowest BCUT2D eigenvalue weighted by molar-refractivity contribution is 0.290. The smallest absolute Gasteiger partial charge is 0.246 e. The van der Waals surface area contributed by atoms with Gasteiger partial charge >= 0.3 is 0 Å². The van der Waals surface area contributed by atoms with Crippen LogP contribution in [0.1, 0.15) is 37.5 Å². The molecule has 0 saturated carbocycles. The van der Waals surface area contributed by atoms with Crippen LogP contribution < -0.4 is 5.73 Å². The minimum absolute atomic E-state index is 0.481. The Labute approximate surface area is 111 Å². The highest BCUT2D eigenvalue weighted by atomic mass is 35.5. The number of nitrogens with zero attached hydrogens (tertiary/aromatic N) is 2. The second kappa shape index (κ2) is 5.08. The lowest BCUT2D eigenvalue weighted by Gasteiger charge is -2.16. The number of nitrogens with two attached hydrogens (primary N) is 1. The average molecular weight is 266 g/mol. The fourth-order valence-electron chi connectivity index (χ4n) is 1.49. The summed E-state index contributed by atoms with van der Waals surface area (Å²) < 4.78 is 5.20. The molecule has 0 radical (unpaired) electrons. The molecule has 1 unspecified atom stereocenters. The van der Waals surface area contributed by atoms with Crippen molar-refractivity contribution >= 4 is 11.6 Å². The maximum atomic E-state index is 6.05. The predicted molar refractivity (Wildman–Crippen MR) is 70.4 cm³/mol. The molecule has 2 aromatic rings. The van der Waals surface area contributed by atoms with Gasteiger partial charge in [0.05, 0.1) is 5.54 Å². The molecule has 0 spiro atoms. The topological polar surface area (TPSA) is 64.9 Å². The zero-order valence-electron chi connectivity index (χ0n) is 10.5. The minimum Gasteiger partial charge on any atom is -0.337 e. The van der Waals surface area contributed by atoms with E-state index in [2.05, 4.69) is 10.1 Å². The van der Waals surface area contributed by atoms with Gasteiger partial charge in [-0.25, -0.2) is 0 Å². The highest BCUT2D eigenvalue weighted by Crippen LogP contribution is 2.20. The molecule has 0 fully saturated rings. The second-order valence-electron chi connectivity index (χ2n) is 4.59. The van der Waals surface area contributed by atoms with Crippen LogP contribution in [0.5, 0.6) is 0 Å². The van der Waals surface area contributed by atoms with E-state index in [1.54, 1.807) is 0 Å². The molecular formula is C13H16ClN3O. The first-order valence-corrected chi connectivity index (χ1v) is 6.25. The molecule has 0 amide bonds. The summed E-state index contributed by atoms with van der Waals surface area (Å²) in [6.45, 7) is 3.87. The fraction of sp³-hybridized carbons (Fsp3) is 0.385. The highest BCUT2D eigenvalue weighted by Gasteiger charge is 2.26. The first-order chi connectivity index (χ1) is 8.51. The molecule has 96 valence electrons. The second-order valence-corrected chi connectivity index (χ2v) is 5.03. The highest BCUT2D eigenvalue weighted by molar-refractivity contribution is 6.30. The molecule has 5 heteroatoms. The van der Waals surface area contributed by atoms with Crippen LogP contribution in [0.25, 0.3) is 0 Å². The van der Waals surface area contributed by atoms with Crippen LogP contribution in [-0.4, -0.2) is 10.1 Å². The third-order valence-corrected chi connectivity index (χ3v) is 3.22. The van der Waals surface area contributed by atoms with Crippen molar-refractivity contribution in [2.75, 3.05) is 0 Å². The summed E-state index contributed by atoms with van der Waals surface area (Å²) in [4.78, 5) is 4.33. The van der Waals surface area contributed by atoms with Crippen molar-refractivity contribution in [2.24, 2.45) is 5.73 Å². The number of hydrogen-bond acceptors (Lipinski definition) is 4. The standard InChI is InChI=1S/C13H16ClN3O/c1-3-13(2,15)12-16-11(17-18-12)8-9-4-6-10(14)7-5-9/h4-7H,3,8,15H2,1-2H3. The largest absolute Gasteiger partial charge is 0.337 e. The number of rotatable bonds is 4. The zero-order chi connectivity index (χ0) is 13.2.